The second-order valence-corrected chi connectivity index (χ2v) is 10.3. The summed E-state index contributed by atoms with van der Waals surface area (Å²) in [5.41, 5.74) is -0.577. The average Bonchev–Trinajstić information content (AvgIpc) is 3.12. The van der Waals surface area contributed by atoms with Gasteiger partial charge in [-0.2, -0.15) is 13.2 Å². The Labute approximate surface area is 192 Å². The van der Waals surface area contributed by atoms with Gasteiger partial charge in [-0.1, -0.05) is 45.4 Å². The van der Waals surface area contributed by atoms with E-state index in [-0.39, 0.29) is 29.3 Å². The van der Waals surface area contributed by atoms with Crippen molar-refractivity contribution in [2.45, 2.75) is 77.6 Å². The first-order chi connectivity index (χ1) is 15.4. The molecule has 7 heteroatoms. The Morgan fingerprint density at radius 2 is 1.82 bits per heavy atom. The molecule has 2 fully saturated rings. The molecule has 0 spiro atoms. The van der Waals surface area contributed by atoms with Crippen molar-refractivity contribution in [3.8, 4) is 5.75 Å². The van der Waals surface area contributed by atoms with Crippen LogP contribution in [0.4, 0.5) is 18.0 Å². The molecule has 0 aromatic heterocycles. The number of fused-ring (bicyclic) bond motifs is 1. The van der Waals surface area contributed by atoms with Gasteiger partial charge in [-0.15, -0.1) is 0 Å². The Bertz CT molecular complexity index is 1040. The summed E-state index contributed by atoms with van der Waals surface area (Å²) in [6.07, 6.45) is -0.742. The summed E-state index contributed by atoms with van der Waals surface area (Å²) in [6.45, 7) is 8.63. The minimum absolute atomic E-state index is 0.0957. The van der Waals surface area contributed by atoms with Crippen molar-refractivity contribution < 1.29 is 27.4 Å². The van der Waals surface area contributed by atoms with E-state index >= 15 is 0 Å². The lowest BCUT2D eigenvalue weighted by Crippen LogP contribution is -2.37. The topological polar surface area (TPSA) is 47.6 Å². The van der Waals surface area contributed by atoms with E-state index in [0.29, 0.717) is 16.9 Å². The first-order valence-corrected chi connectivity index (χ1v) is 11.7. The number of hydrogen-bond donors (Lipinski definition) is 1. The number of nitrogens with one attached hydrogen (secondary N) is 1. The maximum Gasteiger partial charge on any atom is 0.420 e. The molecule has 4 nitrogen and oxygen atoms in total. The van der Waals surface area contributed by atoms with Crippen LogP contribution in [-0.4, -0.2) is 18.8 Å². The van der Waals surface area contributed by atoms with Crippen LogP contribution >= 0.6 is 0 Å². The molecule has 1 saturated carbocycles. The Kier molecular flexibility index (Phi) is 6.04. The second-order valence-electron chi connectivity index (χ2n) is 10.3. The summed E-state index contributed by atoms with van der Waals surface area (Å²) in [5.74, 6) is 0.463. The molecule has 4 rings (SSSR count). The number of benzene rings is 2. The lowest BCUT2D eigenvalue weighted by atomic mass is 9.69. The molecular weight excluding hydrogens is 431 g/mol. The zero-order valence-electron chi connectivity index (χ0n) is 19.6. The van der Waals surface area contributed by atoms with Crippen LogP contribution in [0.25, 0.3) is 10.8 Å². The van der Waals surface area contributed by atoms with Crippen molar-refractivity contribution in [2.75, 3.05) is 6.61 Å². The van der Waals surface area contributed by atoms with Gasteiger partial charge < -0.3 is 14.8 Å². The van der Waals surface area contributed by atoms with E-state index in [0.717, 1.165) is 32.1 Å². The number of cyclic esters (lactones) is 1. The number of amides is 1. The molecule has 2 aromatic rings. The SMILES string of the molecule is CCC(C)(C)C1CCC(Oc2ccc3cc(C4(C)COC(=O)N4)ccc3c2C(F)(F)F)CC1. The smallest absolute Gasteiger partial charge is 0.420 e. The number of rotatable bonds is 5. The maximum absolute atomic E-state index is 14.2. The quantitative estimate of drug-likeness (QED) is 0.511. The van der Waals surface area contributed by atoms with E-state index in [9.17, 15) is 18.0 Å². The molecule has 1 aliphatic heterocycles. The van der Waals surface area contributed by atoms with Crippen LogP contribution < -0.4 is 10.1 Å². The number of carbonyl (C=O) groups excluding carboxylic acids is 1. The Balaban J connectivity index is 1.61. The van der Waals surface area contributed by atoms with Gasteiger partial charge >= 0.3 is 12.3 Å². The summed E-state index contributed by atoms with van der Waals surface area (Å²) >= 11 is 0. The van der Waals surface area contributed by atoms with E-state index < -0.39 is 23.4 Å². The molecular formula is C26H32F3NO3. The number of carbonyl (C=O) groups is 1. The fourth-order valence-electron chi connectivity index (χ4n) is 5.14. The fourth-order valence-corrected chi connectivity index (χ4v) is 5.14. The van der Waals surface area contributed by atoms with Gasteiger partial charge in [0.25, 0.3) is 0 Å². The Morgan fingerprint density at radius 1 is 1.12 bits per heavy atom. The highest BCUT2D eigenvalue weighted by atomic mass is 19.4. The van der Waals surface area contributed by atoms with Crippen molar-refractivity contribution in [3.63, 3.8) is 0 Å². The number of alkyl carbamates (subject to hydrolysis) is 1. The van der Waals surface area contributed by atoms with Crippen LogP contribution in [0.2, 0.25) is 0 Å². The van der Waals surface area contributed by atoms with E-state index in [1.807, 2.05) is 0 Å². The molecule has 1 unspecified atom stereocenters. The molecule has 1 atom stereocenters. The number of ether oxygens (including phenoxy) is 2. The Hall–Kier alpha value is -2.44. The molecule has 2 aliphatic rings. The third-order valence-corrected chi connectivity index (χ3v) is 7.76. The first-order valence-electron chi connectivity index (χ1n) is 11.7. The van der Waals surface area contributed by atoms with Crippen LogP contribution in [-0.2, 0) is 16.5 Å². The lowest BCUT2D eigenvalue weighted by molar-refractivity contribution is -0.138. The van der Waals surface area contributed by atoms with Crippen molar-refractivity contribution >= 4 is 16.9 Å². The normalized spacial score (nSPS) is 26.2. The van der Waals surface area contributed by atoms with Crippen LogP contribution in [0.1, 0.15) is 70.9 Å². The van der Waals surface area contributed by atoms with Gasteiger partial charge in [0.15, 0.2) is 0 Å². The molecule has 180 valence electrons. The molecule has 2 aromatic carbocycles. The predicted molar refractivity (Wildman–Crippen MR) is 121 cm³/mol. The van der Waals surface area contributed by atoms with Gasteiger partial charge in [0.2, 0.25) is 0 Å². The van der Waals surface area contributed by atoms with Gasteiger partial charge in [0.05, 0.1) is 11.6 Å². The molecule has 1 N–H and O–H groups in total. The minimum Gasteiger partial charge on any atom is -0.490 e. The number of hydrogen-bond acceptors (Lipinski definition) is 3. The lowest BCUT2D eigenvalue weighted by Gasteiger charge is -2.39. The summed E-state index contributed by atoms with van der Waals surface area (Å²) < 4.78 is 53.5. The monoisotopic (exact) mass is 463 g/mol. The molecule has 1 amide bonds. The zero-order valence-corrected chi connectivity index (χ0v) is 19.6. The minimum atomic E-state index is -4.55. The molecule has 1 saturated heterocycles. The standard InChI is InChI=1S/C26H32F3NO3/c1-5-24(2,3)17-7-10-19(11-8-17)33-21-13-6-16-14-18(25(4)15-32-23(31)30-25)9-12-20(16)22(21)26(27,28)29/h6,9,12-14,17,19H,5,7-8,10-11,15H2,1-4H3,(H,30,31). The van der Waals surface area contributed by atoms with Gasteiger partial charge in [0, 0.05) is 0 Å². The van der Waals surface area contributed by atoms with Crippen molar-refractivity contribution in [2.24, 2.45) is 11.3 Å². The molecule has 33 heavy (non-hydrogen) atoms. The number of halogens is 3. The molecule has 0 radical (unpaired) electrons. The van der Waals surface area contributed by atoms with Crippen LogP contribution in [0.15, 0.2) is 30.3 Å². The molecule has 1 aliphatic carbocycles. The van der Waals surface area contributed by atoms with Gasteiger partial charge in [0.1, 0.15) is 17.9 Å². The predicted octanol–water partition coefficient (Wildman–Crippen LogP) is 7.19. The zero-order chi connectivity index (χ0) is 24.0. The van der Waals surface area contributed by atoms with Crippen molar-refractivity contribution in [1.29, 1.82) is 0 Å². The summed E-state index contributed by atoms with van der Waals surface area (Å²) in [5, 5.41) is 3.27. The fraction of sp³-hybridized carbons (Fsp3) is 0.577. The van der Waals surface area contributed by atoms with Gasteiger partial charge in [-0.05, 0) is 72.4 Å². The van der Waals surface area contributed by atoms with Crippen LogP contribution in [0, 0.1) is 11.3 Å². The first kappa shape index (κ1) is 23.7. The van der Waals surface area contributed by atoms with E-state index in [4.69, 9.17) is 9.47 Å². The van der Waals surface area contributed by atoms with Crippen molar-refractivity contribution in [1.82, 2.24) is 5.32 Å². The highest BCUT2D eigenvalue weighted by molar-refractivity contribution is 5.89. The largest absolute Gasteiger partial charge is 0.490 e. The summed E-state index contributed by atoms with van der Waals surface area (Å²) in [6, 6.07) is 7.87. The van der Waals surface area contributed by atoms with Gasteiger partial charge in [-0.25, -0.2) is 4.79 Å². The van der Waals surface area contributed by atoms with E-state index in [2.05, 4.69) is 26.1 Å². The molecule has 0 bridgehead atoms. The summed E-state index contributed by atoms with van der Waals surface area (Å²) in [4.78, 5) is 11.5. The van der Waals surface area contributed by atoms with Crippen molar-refractivity contribution in [3.05, 3.63) is 41.5 Å². The van der Waals surface area contributed by atoms with Crippen LogP contribution in [0.5, 0.6) is 5.75 Å². The highest BCUT2D eigenvalue weighted by Crippen LogP contribution is 2.45. The maximum atomic E-state index is 14.2. The second kappa shape index (κ2) is 8.41. The average molecular weight is 464 g/mol. The third kappa shape index (κ3) is 4.64. The Morgan fingerprint density at radius 3 is 2.39 bits per heavy atom. The highest BCUT2D eigenvalue weighted by Gasteiger charge is 2.40. The van der Waals surface area contributed by atoms with E-state index in [1.165, 1.54) is 12.1 Å². The summed E-state index contributed by atoms with van der Waals surface area (Å²) in [7, 11) is 0. The van der Waals surface area contributed by atoms with E-state index in [1.54, 1.807) is 25.1 Å². The third-order valence-electron chi connectivity index (χ3n) is 7.76. The van der Waals surface area contributed by atoms with Gasteiger partial charge in [-0.3, -0.25) is 0 Å². The number of alkyl halides is 3. The van der Waals surface area contributed by atoms with Crippen LogP contribution in [0.3, 0.4) is 0 Å². The molecule has 1 heterocycles.